The summed E-state index contributed by atoms with van der Waals surface area (Å²) >= 11 is 1.35. The number of carbonyl (C=O) groups excluding carboxylic acids is 2. The van der Waals surface area contributed by atoms with E-state index in [9.17, 15) is 9.59 Å². The Hall–Kier alpha value is -3.12. The molecule has 138 valence electrons. The molecule has 5 nitrogen and oxygen atoms in total. The van der Waals surface area contributed by atoms with Gasteiger partial charge in [0.2, 0.25) is 5.91 Å². The van der Waals surface area contributed by atoms with E-state index in [1.54, 1.807) is 13.2 Å². The van der Waals surface area contributed by atoms with Gasteiger partial charge in [0.15, 0.2) is 0 Å². The lowest BCUT2D eigenvalue weighted by atomic mass is 10.0. The Balaban J connectivity index is 1.91. The first-order chi connectivity index (χ1) is 13.0. The van der Waals surface area contributed by atoms with Crippen molar-refractivity contribution in [3.05, 3.63) is 70.6 Å². The zero-order valence-electron chi connectivity index (χ0n) is 15.1. The minimum atomic E-state index is -0.564. The third-order valence-electron chi connectivity index (χ3n) is 4.19. The van der Waals surface area contributed by atoms with Crippen LogP contribution in [0.15, 0.2) is 54.6 Å². The van der Waals surface area contributed by atoms with Crippen molar-refractivity contribution in [1.82, 2.24) is 0 Å². The fourth-order valence-electron chi connectivity index (χ4n) is 3.01. The van der Waals surface area contributed by atoms with Gasteiger partial charge in [-0.15, -0.1) is 11.3 Å². The first kappa shape index (κ1) is 18.7. The second-order valence-electron chi connectivity index (χ2n) is 6.00. The second kappa shape index (κ2) is 8.05. The number of hydrogen-bond donors (Lipinski definition) is 2. The van der Waals surface area contributed by atoms with E-state index >= 15 is 0 Å². The fraction of sp³-hybridized carbons (Fsp3) is 0.143. The van der Waals surface area contributed by atoms with Gasteiger partial charge in [-0.1, -0.05) is 48.5 Å². The molecule has 0 saturated heterocycles. The van der Waals surface area contributed by atoms with Gasteiger partial charge in [0.05, 0.1) is 19.1 Å². The average molecular weight is 380 g/mol. The number of ether oxygens (including phenoxy) is 1. The number of methoxy groups -OCH3 is 1. The summed E-state index contributed by atoms with van der Waals surface area (Å²) in [7, 11) is 1.57. The van der Waals surface area contributed by atoms with Crippen LogP contribution in [-0.2, 0) is 11.2 Å². The maximum Gasteiger partial charge on any atom is 0.252 e. The van der Waals surface area contributed by atoms with Crippen molar-refractivity contribution in [2.24, 2.45) is 5.73 Å². The molecule has 1 aromatic heterocycles. The summed E-state index contributed by atoms with van der Waals surface area (Å²) in [6.45, 7) is 1.91. The molecule has 0 aliphatic heterocycles. The Morgan fingerprint density at radius 3 is 2.41 bits per heavy atom. The van der Waals surface area contributed by atoms with Crippen LogP contribution in [0.1, 0.15) is 20.8 Å². The van der Waals surface area contributed by atoms with Crippen molar-refractivity contribution in [3.63, 3.8) is 0 Å². The highest BCUT2D eigenvalue weighted by atomic mass is 32.1. The van der Waals surface area contributed by atoms with Crippen molar-refractivity contribution in [1.29, 1.82) is 0 Å². The second-order valence-corrected chi connectivity index (χ2v) is 7.23. The van der Waals surface area contributed by atoms with Crippen LogP contribution in [0, 0.1) is 6.92 Å². The van der Waals surface area contributed by atoms with E-state index in [1.807, 2.05) is 55.5 Å². The summed E-state index contributed by atoms with van der Waals surface area (Å²) in [6, 6.07) is 16.9. The minimum Gasteiger partial charge on any atom is -0.496 e. The summed E-state index contributed by atoms with van der Waals surface area (Å²) in [5, 5.41) is 3.32. The van der Waals surface area contributed by atoms with Gasteiger partial charge in [0.25, 0.3) is 5.91 Å². The quantitative estimate of drug-likeness (QED) is 0.678. The number of para-hydroxylation sites is 1. The van der Waals surface area contributed by atoms with E-state index in [-0.39, 0.29) is 12.3 Å². The van der Waals surface area contributed by atoms with Gasteiger partial charge in [0, 0.05) is 16.0 Å². The van der Waals surface area contributed by atoms with Gasteiger partial charge < -0.3 is 15.8 Å². The molecule has 27 heavy (non-hydrogen) atoms. The normalized spacial score (nSPS) is 10.4. The number of rotatable bonds is 6. The highest BCUT2D eigenvalue weighted by Gasteiger charge is 2.23. The number of carbonyl (C=O) groups is 2. The topological polar surface area (TPSA) is 81.4 Å². The smallest absolute Gasteiger partial charge is 0.252 e. The van der Waals surface area contributed by atoms with Crippen molar-refractivity contribution in [2.45, 2.75) is 13.3 Å². The van der Waals surface area contributed by atoms with Gasteiger partial charge in [-0.3, -0.25) is 9.59 Å². The van der Waals surface area contributed by atoms with Crippen LogP contribution in [0.4, 0.5) is 5.00 Å². The van der Waals surface area contributed by atoms with E-state index in [0.29, 0.717) is 16.3 Å². The fourth-order valence-corrected chi connectivity index (χ4v) is 4.11. The predicted molar refractivity (Wildman–Crippen MR) is 108 cm³/mol. The number of aryl methyl sites for hydroxylation is 1. The molecule has 2 amide bonds. The van der Waals surface area contributed by atoms with Gasteiger partial charge in [-0.25, -0.2) is 0 Å². The van der Waals surface area contributed by atoms with Crippen molar-refractivity contribution < 1.29 is 14.3 Å². The molecule has 0 unspecified atom stereocenters. The molecule has 6 heteroatoms. The molecule has 2 aromatic carbocycles. The summed E-state index contributed by atoms with van der Waals surface area (Å²) in [4.78, 5) is 25.6. The van der Waals surface area contributed by atoms with Gasteiger partial charge in [-0.05, 0) is 18.6 Å². The Bertz CT molecular complexity index is 980. The molecule has 3 N–H and O–H groups in total. The predicted octanol–water partition coefficient (Wildman–Crippen LogP) is 4.01. The van der Waals surface area contributed by atoms with E-state index in [4.69, 9.17) is 10.5 Å². The highest BCUT2D eigenvalue weighted by Crippen LogP contribution is 2.39. The number of anilines is 1. The molecular weight excluding hydrogens is 360 g/mol. The van der Waals surface area contributed by atoms with Crippen LogP contribution in [-0.4, -0.2) is 18.9 Å². The molecular formula is C21H20N2O3S. The largest absolute Gasteiger partial charge is 0.496 e. The van der Waals surface area contributed by atoms with E-state index in [2.05, 4.69) is 5.32 Å². The maximum absolute atomic E-state index is 12.6. The molecule has 0 saturated carbocycles. The van der Waals surface area contributed by atoms with Crippen molar-refractivity contribution in [2.75, 3.05) is 12.4 Å². The number of nitrogens with two attached hydrogens (primary N) is 1. The number of primary amides is 1. The van der Waals surface area contributed by atoms with Gasteiger partial charge in [-0.2, -0.15) is 0 Å². The van der Waals surface area contributed by atoms with E-state index < -0.39 is 5.91 Å². The molecule has 0 atom stereocenters. The lowest BCUT2D eigenvalue weighted by Crippen LogP contribution is -2.18. The zero-order chi connectivity index (χ0) is 19.4. The minimum absolute atomic E-state index is 0.139. The third kappa shape index (κ3) is 4.01. The molecule has 0 aliphatic carbocycles. The molecule has 0 aliphatic rings. The van der Waals surface area contributed by atoms with Crippen molar-refractivity contribution in [3.8, 4) is 16.9 Å². The molecule has 0 fully saturated rings. The number of thiophene rings is 1. The molecule has 0 radical (unpaired) electrons. The SMILES string of the molecule is COc1ccccc1CC(=O)Nc1sc(C)c(-c2ccccc2)c1C(N)=O. The third-order valence-corrected chi connectivity index (χ3v) is 5.21. The van der Waals surface area contributed by atoms with Crippen LogP contribution < -0.4 is 15.8 Å². The summed E-state index contributed by atoms with van der Waals surface area (Å²) < 4.78 is 5.29. The monoisotopic (exact) mass is 380 g/mol. The average Bonchev–Trinajstić information content (AvgIpc) is 2.98. The van der Waals surface area contributed by atoms with E-state index in [1.165, 1.54) is 11.3 Å². The molecule has 0 spiro atoms. The van der Waals surface area contributed by atoms with Crippen LogP contribution in [0.25, 0.3) is 11.1 Å². The Labute approximate surface area is 161 Å². The van der Waals surface area contributed by atoms with Crippen LogP contribution >= 0.6 is 11.3 Å². The number of benzene rings is 2. The Kier molecular flexibility index (Phi) is 5.57. The van der Waals surface area contributed by atoms with Crippen LogP contribution in [0.5, 0.6) is 5.75 Å². The molecule has 3 aromatic rings. The maximum atomic E-state index is 12.6. The lowest BCUT2D eigenvalue weighted by Gasteiger charge is -2.09. The standard InChI is InChI=1S/C21H20N2O3S/c1-13-18(14-8-4-3-5-9-14)19(20(22)25)21(27-13)23-17(24)12-15-10-6-7-11-16(15)26-2/h3-11H,12H2,1-2H3,(H2,22,25)(H,23,24). The lowest BCUT2D eigenvalue weighted by molar-refractivity contribution is -0.115. The van der Waals surface area contributed by atoms with Crippen LogP contribution in [0.3, 0.4) is 0 Å². The van der Waals surface area contributed by atoms with Gasteiger partial charge in [0.1, 0.15) is 10.8 Å². The first-order valence-electron chi connectivity index (χ1n) is 8.41. The molecule has 3 rings (SSSR count). The Morgan fingerprint density at radius 2 is 1.74 bits per heavy atom. The highest BCUT2D eigenvalue weighted by molar-refractivity contribution is 7.17. The number of hydrogen-bond acceptors (Lipinski definition) is 4. The van der Waals surface area contributed by atoms with E-state index in [0.717, 1.165) is 21.6 Å². The summed E-state index contributed by atoms with van der Waals surface area (Å²) in [5.74, 6) is -0.149. The summed E-state index contributed by atoms with van der Waals surface area (Å²) in [5.41, 5.74) is 8.41. The number of amides is 2. The summed E-state index contributed by atoms with van der Waals surface area (Å²) in [6.07, 6.45) is 0.139. The zero-order valence-corrected chi connectivity index (χ0v) is 15.9. The molecule has 1 heterocycles. The van der Waals surface area contributed by atoms with Crippen LogP contribution in [0.2, 0.25) is 0 Å². The molecule has 0 bridgehead atoms. The Morgan fingerprint density at radius 1 is 1.07 bits per heavy atom. The number of nitrogens with one attached hydrogen (secondary N) is 1. The first-order valence-corrected chi connectivity index (χ1v) is 9.23. The van der Waals surface area contributed by atoms with Crippen molar-refractivity contribution >= 4 is 28.2 Å². The van der Waals surface area contributed by atoms with Gasteiger partial charge >= 0.3 is 0 Å².